The normalized spacial score (nSPS) is 14.7. The van der Waals surface area contributed by atoms with Crippen LogP contribution in [0.25, 0.3) is 0 Å². The number of benzene rings is 1. The average Bonchev–Trinajstić information content (AvgIpc) is 2.19. The molecule has 0 spiro atoms. The molecule has 0 saturated heterocycles. The van der Waals surface area contributed by atoms with Crippen LogP contribution in [0.2, 0.25) is 0 Å². The molecule has 2 N–H and O–H groups in total. The van der Waals surface area contributed by atoms with E-state index in [0.29, 0.717) is 0 Å². The van der Waals surface area contributed by atoms with Gasteiger partial charge in [-0.05, 0) is 37.6 Å². The van der Waals surface area contributed by atoms with Gasteiger partial charge in [0.25, 0.3) is 0 Å². The van der Waals surface area contributed by atoms with Gasteiger partial charge in [-0.2, -0.15) is 0 Å². The maximum Gasteiger partial charge on any atom is 0.154 e. The van der Waals surface area contributed by atoms with E-state index in [1.165, 1.54) is 6.26 Å². The number of halogens is 2. The standard InChI is InChI=1S/C11H15Br2NO2S/c1-11(2,17(3,15)16)10(14)8-6-7(12)4-5-9(8)13/h4-6,10H,14H2,1-3H3. The van der Waals surface area contributed by atoms with Crippen molar-refractivity contribution in [2.24, 2.45) is 5.73 Å². The van der Waals surface area contributed by atoms with Crippen molar-refractivity contribution in [3.05, 3.63) is 32.7 Å². The zero-order valence-corrected chi connectivity index (χ0v) is 13.9. The van der Waals surface area contributed by atoms with Crippen molar-refractivity contribution in [2.45, 2.75) is 24.6 Å². The molecular weight excluding hydrogens is 370 g/mol. The van der Waals surface area contributed by atoms with Crippen LogP contribution in [0, 0.1) is 0 Å². The highest BCUT2D eigenvalue weighted by Crippen LogP contribution is 2.35. The molecule has 1 aromatic rings. The fraction of sp³-hybridized carbons (Fsp3) is 0.455. The molecule has 1 unspecified atom stereocenters. The first-order chi connectivity index (χ1) is 7.57. The highest BCUT2D eigenvalue weighted by molar-refractivity contribution is 9.11. The predicted octanol–water partition coefficient (Wildman–Crippen LogP) is 3.03. The van der Waals surface area contributed by atoms with Crippen LogP contribution in [0.1, 0.15) is 25.5 Å². The van der Waals surface area contributed by atoms with Crippen molar-refractivity contribution >= 4 is 41.7 Å². The lowest BCUT2D eigenvalue weighted by Gasteiger charge is -2.30. The van der Waals surface area contributed by atoms with Gasteiger partial charge >= 0.3 is 0 Å². The highest BCUT2D eigenvalue weighted by atomic mass is 79.9. The Balaban J connectivity index is 3.30. The number of hydrogen-bond donors (Lipinski definition) is 1. The molecule has 0 heterocycles. The van der Waals surface area contributed by atoms with Crippen molar-refractivity contribution < 1.29 is 8.42 Å². The van der Waals surface area contributed by atoms with Gasteiger partial charge in [-0.1, -0.05) is 31.9 Å². The third-order valence-corrected chi connectivity index (χ3v) is 6.38. The topological polar surface area (TPSA) is 60.2 Å². The fourth-order valence-electron chi connectivity index (χ4n) is 1.36. The first-order valence-electron chi connectivity index (χ1n) is 4.97. The average molecular weight is 385 g/mol. The third kappa shape index (κ3) is 3.10. The Morgan fingerprint density at radius 2 is 1.82 bits per heavy atom. The lowest BCUT2D eigenvalue weighted by molar-refractivity contribution is 0.495. The zero-order chi connectivity index (χ0) is 13.4. The van der Waals surface area contributed by atoms with Crippen LogP contribution in [0.3, 0.4) is 0 Å². The van der Waals surface area contributed by atoms with E-state index in [0.717, 1.165) is 14.5 Å². The minimum Gasteiger partial charge on any atom is -0.323 e. The van der Waals surface area contributed by atoms with Gasteiger partial charge < -0.3 is 5.73 Å². The Kier molecular flexibility index (Phi) is 4.45. The van der Waals surface area contributed by atoms with Crippen LogP contribution in [0.5, 0.6) is 0 Å². The van der Waals surface area contributed by atoms with Crippen LogP contribution >= 0.6 is 31.9 Å². The summed E-state index contributed by atoms with van der Waals surface area (Å²) in [5.74, 6) is 0. The lowest BCUT2D eigenvalue weighted by atomic mass is 9.96. The maximum absolute atomic E-state index is 11.8. The minimum atomic E-state index is -3.24. The summed E-state index contributed by atoms with van der Waals surface area (Å²) >= 11 is 6.75. The van der Waals surface area contributed by atoms with Crippen LogP contribution in [-0.2, 0) is 9.84 Å². The van der Waals surface area contributed by atoms with E-state index in [2.05, 4.69) is 31.9 Å². The molecule has 0 aliphatic rings. The number of hydrogen-bond acceptors (Lipinski definition) is 3. The summed E-state index contributed by atoms with van der Waals surface area (Å²) in [5.41, 5.74) is 6.87. The van der Waals surface area contributed by atoms with Gasteiger partial charge in [0.2, 0.25) is 0 Å². The highest BCUT2D eigenvalue weighted by Gasteiger charge is 2.38. The molecule has 0 fully saturated rings. The van der Waals surface area contributed by atoms with E-state index >= 15 is 0 Å². The van der Waals surface area contributed by atoms with E-state index in [9.17, 15) is 8.42 Å². The largest absolute Gasteiger partial charge is 0.323 e. The SMILES string of the molecule is CC(C)(C(N)c1cc(Br)ccc1Br)S(C)(=O)=O. The molecule has 0 radical (unpaired) electrons. The molecule has 0 aromatic heterocycles. The van der Waals surface area contributed by atoms with Crippen LogP contribution in [0.4, 0.5) is 0 Å². The maximum atomic E-state index is 11.8. The zero-order valence-electron chi connectivity index (χ0n) is 9.87. The molecule has 1 rings (SSSR count). The van der Waals surface area contributed by atoms with Crippen molar-refractivity contribution in [3.8, 4) is 0 Å². The molecule has 6 heteroatoms. The Morgan fingerprint density at radius 3 is 2.29 bits per heavy atom. The predicted molar refractivity (Wildman–Crippen MR) is 77.7 cm³/mol. The Morgan fingerprint density at radius 1 is 1.29 bits per heavy atom. The van der Waals surface area contributed by atoms with E-state index < -0.39 is 20.6 Å². The second kappa shape index (κ2) is 4.99. The summed E-state index contributed by atoms with van der Waals surface area (Å²) in [6.07, 6.45) is 1.21. The van der Waals surface area contributed by atoms with Crippen molar-refractivity contribution in [3.63, 3.8) is 0 Å². The second-order valence-electron chi connectivity index (χ2n) is 4.52. The van der Waals surface area contributed by atoms with Gasteiger partial charge in [0.05, 0.1) is 4.75 Å². The monoisotopic (exact) mass is 383 g/mol. The summed E-state index contributed by atoms with van der Waals surface area (Å²) in [5, 5.41) is 0. The van der Waals surface area contributed by atoms with Gasteiger partial charge in [-0.25, -0.2) is 8.42 Å². The smallest absolute Gasteiger partial charge is 0.154 e. The van der Waals surface area contributed by atoms with Gasteiger partial charge in [-0.3, -0.25) is 0 Å². The molecule has 0 aliphatic heterocycles. The molecule has 1 aromatic carbocycles. The van der Waals surface area contributed by atoms with E-state index in [-0.39, 0.29) is 0 Å². The van der Waals surface area contributed by atoms with Gasteiger partial charge in [-0.15, -0.1) is 0 Å². The Hall–Kier alpha value is 0.0900. The molecular formula is C11H15Br2NO2S. The Bertz CT molecular complexity index is 526. The van der Waals surface area contributed by atoms with Gasteiger partial charge in [0, 0.05) is 21.2 Å². The molecule has 1 atom stereocenters. The quantitative estimate of drug-likeness (QED) is 0.871. The summed E-state index contributed by atoms with van der Waals surface area (Å²) in [7, 11) is -3.24. The number of rotatable bonds is 3. The molecule has 0 bridgehead atoms. The first-order valence-corrected chi connectivity index (χ1v) is 8.45. The lowest BCUT2D eigenvalue weighted by Crippen LogP contribution is -2.42. The summed E-state index contributed by atoms with van der Waals surface area (Å²) in [4.78, 5) is 0. The van der Waals surface area contributed by atoms with E-state index in [1.54, 1.807) is 13.8 Å². The van der Waals surface area contributed by atoms with Crippen LogP contribution < -0.4 is 5.73 Å². The van der Waals surface area contributed by atoms with Gasteiger partial charge in [0.15, 0.2) is 9.84 Å². The molecule has 0 saturated carbocycles. The van der Waals surface area contributed by atoms with Gasteiger partial charge in [0.1, 0.15) is 0 Å². The van der Waals surface area contributed by atoms with E-state index in [4.69, 9.17) is 5.73 Å². The molecule has 17 heavy (non-hydrogen) atoms. The summed E-state index contributed by atoms with van der Waals surface area (Å²) < 4.78 is 24.2. The van der Waals surface area contributed by atoms with Crippen LogP contribution in [-0.4, -0.2) is 19.4 Å². The Labute approximate surface area is 119 Å². The van der Waals surface area contributed by atoms with Crippen molar-refractivity contribution in [1.82, 2.24) is 0 Å². The summed E-state index contributed by atoms with van der Waals surface area (Å²) in [6.45, 7) is 3.28. The molecule has 3 nitrogen and oxygen atoms in total. The number of sulfone groups is 1. The molecule has 0 amide bonds. The molecule has 0 aliphatic carbocycles. The van der Waals surface area contributed by atoms with Crippen molar-refractivity contribution in [2.75, 3.05) is 6.26 Å². The fourth-order valence-corrected chi connectivity index (χ4v) is 2.82. The first kappa shape index (κ1) is 15.1. The second-order valence-corrected chi connectivity index (χ2v) is 8.89. The summed E-state index contributed by atoms with van der Waals surface area (Å²) in [6, 6.07) is 4.96. The third-order valence-electron chi connectivity index (χ3n) is 3.00. The minimum absolute atomic E-state index is 0.593. The van der Waals surface area contributed by atoms with E-state index in [1.807, 2.05) is 18.2 Å². The van der Waals surface area contributed by atoms with Crippen molar-refractivity contribution in [1.29, 1.82) is 0 Å². The molecule has 96 valence electrons. The van der Waals surface area contributed by atoms with Crippen LogP contribution in [0.15, 0.2) is 27.1 Å². The number of nitrogens with two attached hydrogens (primary N) is 1.